The molecule has 0 aromatic carbocycles. The van der Waals surface area contributed by atoms with E-state index in [1.54, 1.807) is 0 Å². The zero-order chi connectivity index (χ0) is 16.4. The molecule has 3 aromatic heterocycles. The molecule has 9 heteroatoms. The topological polar surface area (TPSA) is 63.6 Å². The lowest BCUT2D eigenvalue weighted by Gasteiger charge is -2.09. The van der Waals surface area contributed by atoms with E-state index in [1.807, 2.05) is 18.4 Å². The van der Waals surface area contributed by atoms with Crippen molar-refractivity contribution in [2.45, 2.75) is 26.1 Å². The van der Waals surface area contributed by atoms with Crippen molar-refractivity contribution in [3.05, 3.63) is 41.1 Å². The van der Waals surface area contributed by atoms with Crippen molar-refractivity contribution in [2.24, 2.45) is 0 Å². The molecule has 3 heterocycles. The lowest BCUT2D eigenvalue weighted by molar-refractivity contribution is -0.138. The standard InChI is InChI=1S/C14H12F3N5S/c1-2-10-21-12(9-3-4-23-13(9)22-10)20-7-11-18-5-8(6-19-11)14(15,16)17/h3-6H,2,7H2,1H3,(H,20,21,22). The van der Waals surface area contributed by atoms with Crippen molar-refractivity contribution >= 4 is 27.4 Å². The fraction of sp³-hybridized carbons (Fsp3) is 0.286. The molecule has 1 N–H and O–H groups in total. The van der Waals surface area contributed by atoms with Crippen LogP contribution in [0.1, 0.15) is 24.1 Å². The molecule has 0 aliphatic rings. The Labute approximate surface area is 133 Å². The summed E-state index contributed by atoms with van der Waals surface area (Å²) in [6.07, 6.45) is -2.18. The maximum Gasteiger partial charge on any atom is 0.419 e. The normalized spacial score (nSPS) is 11.8. The third kappa shape index (κ3) is 3.39. The Morgan fingerprint density at radius 2 is 1.87 bits per heavy atom. The second kappa shape index (κ2) is 6.07. The maximum absolute atomic E-state index is 12.5. The first-order chi connectivity index (χ1) is 11.0. The quantitative estimate of drug-likeness (QED) is 0.786. The van der Waals surface area contributed by atoms with Gasteiger partial charge in [0.1, 0.15) is 22.3 Å². The van der Waals surface area contributed by atoms with E-state index in [2.05, 4.69) is 25.3 Å². The van der Waals surface area contributed by atoms with Gasteiger partial charge in [-0.15, -0.1) is 11.3 Å². The van der Waals surface area contributed by atoms with E-state index in [4.69, 9.17) is 0 Å². The van der Waals surface area contributed by atoms with Crippen LogP contribution in [0.5, 0.6) is 0 Å². The zero-order valence-corrected chi connectivity index (χ0v) is 12.9. The van der Waals surface area contributed by atoms with Crippen LogP contribution in [0.15, 0.2) is 23.8 Å². The second-order valence-corrected chi connectivity index (χ2v) is 5.62. The van der Waals surface area contributed by atoms with Crippen LogP contribution in [-0.4, -0.2) is 19.9 Å². The number of fused-ring (bicyclic) bond motifs is 1. The molecule has 0 bridgehead atoms. The summed E-state index contributed by atoms with van der Waals surface area (Å²) < 4.78 is 37.4. The van der Waals surface area contributed by atoms with E-state index in [0.717, 1.165) is 22.6 Å². The van der Waals surface area contributed by atoms with E-state index < -0.39 is 11.7 Å². The summed E-state index contributed by atoms with van der Waals surface area (Å²) in [4.78, 5) is 17.2. The van der Waals surface area contributed by atoms with E-state index in [0.29, 0.717) is 18.1 Å². The average molecular weight is 339 g/mol. The summed E-state index contributed by atoms with van der Waals surface area (Å²) in [7, 11) is 0. The van der Waals surface area contributed by atoms with Gasteiger partial charge in [-0.1, -0.05) is 6.92 Å². The van der Waals surface area contributed by atoms with E-state index >= 15 is 0 Å². The second-order valence-electron chi connectivity index (χ2n) is 4.72. The van der Waals surface area contributed by atoms with Crippen LogP contribution < -0.4 is 5.32 Å². The third-order valence-electron chi connectivity index (χ3n) is 3.13. The Hall–Kier alpha value is -2.29. The minimum absolute atomic E-state index is 0.184. The number of hydrogen-bond donors (Lipinski definition) is 1. The average Bonchev–Trinajstić information content (AvgIpc) is 3.00. The van der Waals surface area contributed by atoms with Crippen molar-refractivity contribution in [3.8, 4) is 0 Å². The number of aromatic nitrogens is 4. The third-order valence-corrected chi connectivity index (χ3v) is 3.94. The first kappa shape index (κ1) is 15.6. The van der Waals surface area contributed by atoms with Crippen LogP contribution in [0.25, 0.3) is 10.2 Å². The number of alkyl halides is 3. The van der Waals surface area contributed by atoms with Crippen LogP contribution in [0.4, 0.5) is 19.0 Å². The molecule has 0 spiro atoms. The van der Waals surface area contributed by atoms with Gasteiger partial charge in [0.25, 0.3) is 0 Å². The van der Waals surface area contributed by atoms with Crippen LogP contribution in [0.3, 0.4) is 0 Å². The largest absolute Gasteiger partial charge is 0.419 e. The van der Waals surface area contributed by atoms with Crippen molar-refractivity contribution in [1.29, 1.82) is 0 Å². The predicted molar refractivity (Wildman–Crippen MR) is 81.2 cm³/mol. The molecule has 5 nitrogen and oxygen atoms in total. The molecular weight excluding hydrogens is 327 g/mol. The minimum Gasteiger partial charge on any atom is -0.362 e. The summed E-state index contributed by atoms with van der Waals surface area (Å²) in [5, 5.41) is 5.86. The van der Waals surface area contributed by atoms with Crippen molar-refractivity contribution in [2.75, 3.05) is 5.32 Å². The van der Waals surface area contributed by atoms with Gasteiger partial charge in [0.05, 0.1) is 17.5 Å². The van der Waals surface area contributed by atoms with E-state index in [-0.39, 0.29) is 12.4 Å². The number of nitrogens with one attached hydrogen (secondary N) is 1. The highest BCUT2D eigenvalue weighted by atomic mass is 32.1. The van der Waals surface area contributed by atoms with E-state index in [1.165, 1.54) is 11.3 Å². The molecule has 0 unspecified atom stereocenters. The summed E-state index contributed by atoms with van der Waals surface area (Å²) in [5.74, 6) is 1.60. The smallest absolute Gasteiger partial charge is 0.362 e. The van der Waals surface area contributed by atoms with Crippen LogP contribution in [0.2, 0.25) is 0 Å². The minimum atomic E-state index is -4.43. The molecular formula is C14H12F3N5S. The molecule has 0 amide bonds. The number of hydrogen-bond acceptors (Lipinski definition) is 6. The van der Waals surface area contributed by atoms with Crippen LogP contribution >= 0.6 is 11.3 Å². The number of aryl methyl sites for hydroxylation is 1. The highest BCUT2D eigenvalue weighted by Gasteiger charge is 2.31. The van der Waals surface area contributed by atoms with Gasteiger partial charge in [-0.3, -0.25) is 0 Å². The Balaban J connectivity index is 1.79. The number of thiophene rings is 1. The Kier molecular flexibility index (Phi) is 4.12. The molecule has 0 radical (unpaired) electrons. The number of nitrogens with zero attached hydrogens (tertiary/aromatic N) is 4. The van der Waals surface area contributed by atoms with Gasteiger partial charge >= 0.3 is 6.18 Å². The maximum atomic E-state index is 12.5. The molecule has 3 rings (SSSR count). The van der Waals surface area contributed by atoms with Gasteiger partial charge in [0.15, 0.2) is 0 Å². The van der Waals surface area contributed by atoms with Crippen molar-refractivity contribution in [1.82, 2.24) is 19.9 Å². The molecule has 0 aliphatic heterocycles. The van der Waals surface area contributed by atoms with Crippen LogP contribution in [0, 0.1) is 0 Å². The van der Waals surface area contributed by atoms with Gasteiger partial charge in [-0.05, 0) is 11.4 Å². The lowest BCUT2D eigenvalue weighted by atomic mass is 10.3. The zero-order valence-electron chi connectivity index (χ0n) is 12.1. The Bertz CT molecular complexity index is 813. The molecule has 0 saturated heterocycles. The molecule has 0 fully saturated rings. The van der Waals surface area contributed by atoms with Crippen molar-refractivity contribution < 1.29 is 13.2 Å². The van der Waals surface area contributed by atoms with Gasteiger partial charge in [-0.2, -0.15) is 13.2 Å². The molecule has 23 heavy (non-hydrogen) atoms. The number of rotatable bonds is 4. The summed E-state index contributed by atoms with van der Waals surface area (Å²) >= 11 is 1.51. The first-order valence-corrected chi connectivity index (χ1v) is 7.71. The summed E-state index contributed by atoms with van der Waals surface area (Å²) in [6.45, 7) is 2.14. The highest BCUT2D eigenvalue weighted by Crippen LogP contribution is 2.28. The van der Waals surface area contributed by atoms with E-state index in [9.17, 15) is 13.2 Å². The fourth-order valence-electron chi connectivity index (χ4n) is 1.95. The van der Waals surface area contributed by atoms with Crippen molar-refractivity contribution in [3.63, 3.8) is 0 Å². The SMILES string of the molecule is CCc1nc(NCc2ncc(C(F)(F)F)cn2)c2ccsc2n1. The fourth-order valence-corrected chi connectivity index (χ4v) is 2.73. The van der Waals surface area contributed by atoms with Gasteiger partial charge < -0.3 is 5.32 Å². The van der Waals surface area contributed by atoms with Gasteiger partial charge in [0, 0.05) is 18.8 Å². The summed E-state index contributed by atoms with van der Waals surface area (Å²) in [6, 6.07) is 1.90. The monoisotopic (exact) mass is 339 g/mol. The number of anilines is 1. The van der Waals surface area contributed by atoms with Gasteiger partial charge in [0.2, 0.25) is 0 Å². The van der Waals surface area contributed by atoms with Crippen LogP contribution in [-0.2, 0) is 19.1 Å². The first-order valence-electron chi connectivity index (χ1n) is 6.83. The lowest BCUT2D eigenvalue weighted by Crippen LogP contribution is -2.10. The molecule has 120 valence electrons. The molecule has 0 atom stereocenters. The number of halogens is 3. The molecule has 0 saturated carbocycles. The highest BCUT2D eigenvalue weighted by molar-refractivity contribution is 7.16. The predicted octanol–water partition coefficient (Wildman–Crippen LogP) is 3.67. The Morgan fingerprint density at radius 3 is 2.52 bits per heavy atom. The van der Waals surface area contributed by atoms with Gasteiger partial charge in [-0.25, -0.2) is 19.9 Å². The summed E-state index contributed by atoms with van der Waals surface area (Å²) in [5.41, 5.74) is -0.864. The molecule has 0 aliphatic carbocycles. The Morgan fingerprint density at radius 1 is 1.13 bits per heavy atom. The molecule has 3 aromatic rings.